The van der Waals surface area contributed by atoms with Crippen LogP contribution in [0.1, 0.15) is 24.5 Å². The van der Waals surface area contributed by atoms with E-state index in [1.807, 2.05) is 31.2 Å². The quantitative estimate of drug-likeness (QED) is 0.565. The fourth-order valence-corrected chi connectivity index (χ4v) is 2.83. The van der Waals surface area contributed by atoms with Crippen molar-refractivity contribution in [1.29, 1.82) is 0 Å². The van der Waals surface area contributed by atoms with E-state index in [-0.39, 0.29) is 24.6 Å². The van der Waals surface area contributed by atoms with Gasteiger partial charge in [0.1, 0.15) is 6.42 Å². The zero-order chi connectivity index (χ0) is 14.3. The summed E-state index contributed by atoms with van der Waals surface area (Å²) in [4.78, 5) is 22.6. The molecule has 0 aliphatic heterocycles. The first-order valence-electron chi connectivity index (χ1n) is 6.09. The Hall–Kier alpha value is -1.49. The number of ether oxygens (including phenoxy) is 1. The predicted octanol–water partition coefficient (Wildman–Crippen LogP) is 1.77. The van der Waals surface area contributed by atoms with E-state index >= 15 is 0 Å². The van der Waals surface area contributed by atoms with Gasteiger partial charge >= 0.3 is 5.97 Å². The van der Waals surface area contributed by atoms with Crippen molar-refractivity contribution < 1.29 is 18.5 Å². The highest BCUT2D eigenvalue weighted by Crippen LogP contribution is 2.10. The largest absolute Gasteiger partial charge is 0.466 e. The molecule has 0 aliphatic rings. The molecule has 1 atom stereocenters. The smallest absolute Gasteiger partial charge is 0.313 e. The first kappa shape index (κ1) is 15.6. The van der Waals surface area contributed by atoms with E-state index < -0.39 is 16.8 Å². The van der Waals surface area contributed by atoms with Crippen LogP contribution in [0.3, 0.4) is 0 Å². The Morgan fingerprint density at radius 3 is 2.58 bits per heavy atom. The molecule has 0 aromatic heterocycles. The first-order chi connectivity index (χ1) is 9.02. The van der Waals surface area contributed by atoms with Crippen LogP contribution in [-0.4, -0.2) is 28.3 Å². The van der Waals surface area contributed by atoms with Gasteiger partial charge in [0.25, 0.3) is 0 Å². The normalized spacial score (nSPS) is 11.9. The molecule has 1 rings (SSSR count). The number of benzene rings is 1. The van der Waals surface area contributed by atoms with Crippen molar-refractivity contribution >= 4 is 22.6 Å². The average molecular weight is 282 g/mol. The summed E-state index contributed by atoms with van der Waals surface area (Å²) < 4.78 is 16.5. The molecule has 0 aliphatic carbocycles. The summed E-state index contributed by atoms with van der Waals surface area (Å²) in [5, 5.41) is 0. The molecule has 0 saturated heterocycles. The molecule has 0 spiro atoms. The molecule has 1 unspecified atom stereocenters. The molecule has 4 nitrogen and oxygen atoms in total. The molecule has 0 amide bonds. The summed E-state index contributed by atoms with van der Waals surface area (Å²) in [7, 11) is -1.29. The minimum Gasteiger partial charge on any atom is -0.466 e. The van der Waals surface area contributed by atoms with E-state index in [0.29, 0.717) is 5.75 Å². The maximum absolute atomic E-state index is 11.9. The lowest BCUT2D eigenvalue weighted by Crippen LogP contribution is -2.17. The molecule has 19 heavy (non-hydrogen) atoms. The van der Waals surface area contributed by atoms with Crippen LogP contribution in [0, 0.1) is 6.92 Å². The van der Waals surface area contributed by atoms with Crippen molar-refractivity contribution in [2.24, 2.45) is 0 Å². The second-order valence-electron chi connectivity index (χ2n) is 4.18. The number of hydrogen-bond acceptors (Lipinski definition) is 4. The van der Waals surface area contributed by atoms with Gasteiger partial charge in [-0.15, -0.1) is 0 Å². The maximum Gasteiger partial charge on any atom is 0.313 e. The van der Waals surface area contributed by atoms with E-state index in [1.165, 1.54) is 0 Å². The number of rotatable bonds is 7. The Morgan fingerprint density at radius 2 is 1.95 bits per heavy atom. The lowest BCUT2D eigenvalue weighted by Gasteiger charge is -2.05. The van der Waals surface area contributed by atoms with Crippen LogP contribution >= 0.6 is 0 Å². The third-order valence-corrected chi connectivity index (χ3v) is 3.82. The number of hydrogen-bond donors (Lipinski definition) is 0. The number of esters is 1. The lowest BCUT2D eigenvalue weighted by molar-refractivity contribution is -0.145. The lowest BCUT2D eigenvalue weighted by atomic mass is 10.1. The van der Waals surface area contributed by atoms with E-state index in [4.69, 9.17) is 0 Å². The second-order valence-corrected chi connectivity index (χ2v) is 5.63. The molecule has 0 saturated carbocycles. The molecular formula is C14H18O4S. The summed E-state index contributed by atoms with van der Waals surface area (Å²) in [6.45, 7) is 3.87. The molecule has 0 N–H and O–H groups in total. The van der Waals surface area contributed by atoms with Crippen LogP contribution in [0.25, 0.3) is 0 Å². The third-order valence-electron chi connectivity index (χ3n) is 2.55. The minimum atomic E-state index is -1.29. The number of Topliss-reactive ketones (excluding diaryl/α,β-unsaturated/α-hetero) is 1. The van der Waals surface area contributed by atoms with Gasteiger partial charge in [0, 0.05) is 16.6 Å². The summed E-state index contributed by atoms with van der Waals surface area (Å²) in [5.74, 6) is -0.667. The van der Waals surface area contributed by atoms with Gasteiger partial charge in [-0.25, -0.2) is 0 Å². The van der Waals surface area contributed by atoms with Crippen LogP contribution in [0.5, 0.6) is 0 Å². The second kappa shape index (κ2) is 7.84. The summed E-state index contributed by atoms with van der Waals surface area (Å²) in [5.41, 5.74) is 2.01. The minimum absolute atomic E-state index is 0.104. The van der Waals surface area contributed by atoms with E-state index in [1.54, 1.807) is 6.92 Å². The monoisotopic (exact) mass is 282 g/mol. The van der Waals surface area contributed by atoms with E-state index in [9.17, 15) is 13.8 Å². The highest BCUT2D eigenvalue weighted by molar-refractivity contribution is 7.84. The standard InChI is InChI=1S/C14H18O4S/c1-3-18-14(16)8-13(15)10-19(17)9-12-7-5-4-6-11(12)2/h4-7H,3,8-10H2,1-2H3. The van der Waals surface area contributed by atoms with Gasteiger partial charge in [0.05, 0.1) is 12.4 Å². The highest BCUT2D eigenvalue weighted by Gasteiger charge is 2.14. The first-order valence-corrected chi connectivity index (χ1v) is 7.58. The van der Waals surface area contributed by atoms with Crippen molar-refractivity contribution in [2.45, 2.75) is 26.0 Å². The van der Waals surface area contributed by atoms with Crippen molar-refractivity contribution in [3.05, 3.63) is 35.4 Å². The van der Waals surface area contributed by atoms with Crippen molar-refractivity contribution in [2.75, 3.05) is 12.4 Å². The number of ketones is 1. The zero-order valence-corrected chi connectivity index (χ0v) is 12.0. The fraction of sp³-hybridized carbons (Fsp3) is 0.429. The van der Waals surface area contributed by atoms with Gasteiger partial charge < -0.3 is 4.74 Å². The van der Waals surface area contributed by atoms with Crippen LogP contribution < -0.4 is 0 Å². The van der Waals surface area contributed by atoms with Gasteiger partial charge in [-0.3, -0.25) is 13.8 Å². The average Bonchev–Trinajstić information content (AvgIpc) is 2.31. The third kappa shape index (κ3) is 5.79. The summed E-state index contributed by atoms with van der Waals surface area (Å²) in [6, 6.07) is 7.61. The van der Waals surface area contributed by atoms with Crippen LogP contribution in [0.2, 0.25) is 0 Å². The Bertz CT molecular complexity index is 482. The topological polar surface area (TPSA) is 60.4 Å². The molecule has 0 heterocycles. The van der Waals surface area contributed by atoms with E-state index in [0.717, 1.165) is 11.1 Å². The molecule has 0 radical (unpaired) electrons. The van der Waals surface area contributed by atoms with Crippen molar-refractivity contribution in [3.63, 3.8) is 0 Å². The Kier molecular flexibility index (Phi) is 6.42. The van der Waals surface area contributed by atoms with E-state index in [2.05, 4.69) is 4.74 Å². The number of aryl methyl sites for hydroxylation is 1. The predicted molar refractivity (Wildman–Crippen MR) is 74.1 cm³/mol. The molecule has 104 valence electrons. The molecule has 5 heteroatoms. The van der Waals surface area contributed by atoms with Crippen LogP contribution in [-0.2, 0) is 30.9 Å². The van der Waals surface area contributed by atoms with Crippen LogP contribution in [0.15, 0.2) is 24.3 Å². The number of carbonyl (C=O) groups is 2. The molecule has 1 aromatic rings. The summed E-state index contributed by atoms with van der Waals surface area (Å²) >= 11 is 0. The van der Waals surface area contributed by atoms with Gasteiger partial charge in [0.15, 0.2) is 5.78 Å². The SMILES string of the molecule is CCOC(=O)CC(=O)CS(=O)Cc1ccccc1C. The van der Waals surface area contributed by atoms with Gasteiger partial charge in [-0.2, -0.15) is 0 Å². The van der Waals surface area contributed by atoms with Crippen LogP contribution in [0.4, 0.5) is 0 Å². The van der Waals surface area contributed by atoms with Gasteiger partial charge in [-0.1, -0.05) is 24.3 Å². The molecule has 0 bridgehead atoms. The van der Waals surface area contributed by atoms with Gasteiger partial charge in [-0.05, 0) is 25.0 Å². The van der Waals surface area contributed by atoms with Crippen molar-refractivity contribution in [3.8, 4) is 0 Å². The Labute approximate surface area is 115 Å². The molecular weight excluding hydrogens is 264 g/mol. The van der Waals surface area contributed by atoms with Crippen molar-refractivity contribution in [1.82, 2.24) is 0 Å². The van der Waals surface area contributed by atoms with Gasteiger partial charge in [0.2, 0.25) is 0 Å². The molecule has 1 aromatic carbocycles. The Balaban J connectivity index is 2.45. The highest BCUT2D eigenvalue weighted by atomic mass is 32.2. The zero-order valence-electron chi connectivity index (χ0n) is 11.2. The number of carbonyl (C=O) groups excluding carboxylic acids is 2. The molecule has 0 fully saturated rings. The summed E-state index contributed by atoms with van der Waals surface area (Å²) in [6.07, 6.45) is -0.298. The maximum atomic E-state index is 11.9. The fourth-order valence-electron chi connectivity index (χ4n) is 1.60. The Morgan fingerprint density at radius 1 is 1.26 bits per heavy atom.